The van der Waals surface area contributed by atoms with Crippen molar-refractivity contribution in [3.63, 3.8) is 0 Å². The standard InChI is InChI=1S/C22H22N6O2/c1-13(2)20(29)17-11-24-21-19(17)27-18(12-25-21)26-16-7-5-6-14(9-16)8-15(10-23)22(30)28(3)4/h5-9,11-13H,1-4H3,(H,24,25)(H,26,27)/b15-8+. The molecule has 0 aliphatic rings. The van der Waals surface area contributed by atoms with E-state index in [9.17, 15) is 14.9 Å². The van der Waals surface area contributed by atoms with E-state index in [1.54, 1.807) is 44.7 Å². The van der Waals surface area contributed by atoms with Gasteiger partial charge in [-0.05, 0) is 23.8 Å². The lowest BCUT2D eigenvalue weighted by molar-refractivity contribution is -0.124. The molecule has 0 unspecified atom stereocenters. The topological polar surface area (TPSA) is 115 Å². The van der Waals surface area contributed by atoms with E-state index in [1.807, 2.05) is 26.0 Å². The predicted molar refractivity (Wildman–Crippen MR) is 115 cm³/mol. The number of aromatic nitrogens is 3. The van der Waals surface area contributed by atoms with Gasteiger partial charge >= 0.3 is 0 Å². The second-order valence-corrected chi connectivity index (χ2v) is 7.29. The van der Waals surface area contributed by atoms with E-state index in [4.69, 9.17) is 0 Å². The van der Waals surface area contributed by atoms with Crippen LogP contribution < -0.4 is 5.32 Å². The summed E-state index contributed by atoms with van der Waals surface area (Å²) in [5.74, 6) is -0.0348. The number of hydrogen-bond acceptors (Lipinski definition) is 6. The van der Waals surface area contributed by atoms with Crippen LogP contribution in [0, 0.1) is 17.2 Å². The number of nitriles is 1. The molecule has 8 heteroatoms. The Morgan fingerprint density at radius 1 is 1.30 bits per heavy atom. The number of anilines is 2. The summed E-state index contributed by atoms with van der Waals surface area (Å²) in [7, 11) is 3.19. The van der Waals surface area contributed by atoms with Gasteiger partial charge in [-0.3, -0.25) is 9.59 Å². The van der Waals surface area contributed by atoms with Gasteiger partial charge in [0.1, 0.15) is 23.0 Å². The molecule has 2 aromatic heterocycles. The van der Waals surface area contributed by atoms with E-state index >= 15 is 0 Å². The Hall–Kier alpha value is -3.99. The van der Waals surface area contributed by atoms with Crippen molar-refractivity contribution >= 4 is 40.4 Å². The Kier molecular flexibility index (Phi) is 5.93. The van der Waals surface area contributed by atoms with E-state index in [-0.39, 0.29) is 23.2 Å². The molecule has 30 heavy (non-hydrogen) atoms. The normalized spacial score (nSPS) is 11.4. The van der Waals surface area contributed by atoms with Gasteiger partial charge in [0.2, 0.25) is 0 Å². The van der Waals surface area contributed by atoms with E-state index in [1.165, 1.54) is 11.0 Å². The summed E-state index contributed by atoms with van der Waals surface area (Å²) in [4.78, 5) is 37.7. The summed E-state index contributed by atoms with van der Waals surface area (Å²) in [5, 5.41) is 12.4. The number of likely N-dealkylation sites (N-methyl/N-ethyl adjacent to an activating group) is 1. The van der Waals surface area contributed by atoms with Gasteiger partial charge in [-0.2, -0.15) is 5.26 Å². The third-order valence-electron chi connectivity index (χ3n) is 4.40. The van der Waals surface area contributed by atoms with Crippen molar-refractivity contribution in [3.05, 3.63) is 53.4 Å². The molecule has 1 aromatic carbocycles. The molecule has 3 aromatic rings. The van der Waals surface area contributed by atoms with E-state index < -0.39 is 0 Å². The smallest absolute Gasteiger partial charge is 0.264 e. The van der Waals surface area contributed by atoms with E-state index in [2.05, 4.69) is 20.3 Å². The van der Waals surface area contributed by atoms with Crippen LogP contribution >= 0.6 is 0 Å². The molecule has 0 fully saturated rings. The Bertz CT molecular complexity index is 1180. The van der Waals surface area contributed by atoms with E-state index in [0.717, 1.165) is 0 Å². The number of aromatic amines is 1. The highest BCUT2D eigenvalue weighted by atomic mass is 16.2. The summed E-state index contributed by atoms with van der Waals surface area (Å²) in [5.41, 5.74) is 3.01. The summed E-state index contributed by atoms with van der Waals surface area (Å²) in [6.07, 6.45) is 4.74. The molecule has 0 aliphatic carbocycles. The van der Waals surface area contributed by atoms with Gasteiger partial charge in [0, 0.05) is 31.9 Å². The fourth-order valence-corrected chi connectivity index (χ4v) is 2.85. The number of benzene rings is 1. The first kappa shape index (κ1) is 20.7. The monoisotopic (exact) mass is 402 g/mol. The van der Waals surface area contributed by atoms with Gasteiger partial charge in [-0.15, -0.1) is 0 Å². The number of fused-ring (bicyclic) bond motifs is 1. The first-order valence-corrected chi connectivity index (χ1v) is 9.39. The fraction of sp³-hybridized carbons (Fsp3) is 0.227. The van der Waals surface area contributed by atoms with Crippen molar-refractivity contribution < 1.29 is 9.59 Å². The molecule has 3 rings (SSSR count). The molecule has 0 spiro atoms. The van der Waals surface area contributed by atoms with Gasteiger partial charge in [0.25, 0.3) is 5.91 Å². The fourth-order valence-electron chi connectivity index (χ4n) is 2.85. The van der Waals surface area contributed by atoms with Crippen LogP contribution in [-0.4, -0.2) is 45.6 Å². The lowest BCUT2D eigenvalue weighted by atomic mass is 10.0. The predicted octanol–water partition coefficient (Wildman–Crippen LogP) is 3.54. The average molecular weight is 402 g/mol. The maximum atomic E-state index is 12.4. The average Bonchev–Trinajstić information content (AvgIpc) is 3.14. The summed E-state index contributed by atoms with van der Waals surface area (Å²) < 4.78 is 0. The van der Waals surface area contributed by atoms with Crippen molar-refractivity contribution in [3.8, 4) is 6.07 Å². The molecule has 2 N–H and O–H groups in total. The molecule has 0 radical (unpaired) electrons. The Morgan fingerprint density at radius 3 is 2.73 bits per heavy atom. The number of hydrogen-bond donors (Lipinski definition) is 2. The van der Waals surface area contributed by atoms with Gasteiger partial charge in [-0.1, -0.05) is 26.0 Å². The minimum atomic E-state index is -0.359. The third-order valence-corrected chi connectivity index (χ3v) is 4.40. The van der Waals surface area contributed by atoms with Gasteiger partial charge < -0.3 is 15.2 Å². The van der Waals surface area contributed by atoms with Crippen LogP contribution in [0.25, 0.3) is 17.2 Å². The first-order chi connectivity index (χ1) is 14.3. The van der Waals surface area contributed by atoms with Crippen LogP contribution in [0.3, 0.4) is 0 Å². The number of Topliss-reactive ketones (excluding diaryl/α,β-unsaturated/α-hetero) is 1. The van der Waals surface area contributed by atoms with E-state index in [0.29, 0.717) is 33.8 Å². The zero-order valence-electron chi connectivity index (χ0n) is 17.2. The SMILES string of the molecule is CC(C)C(=O)c1c[nH]c2ncc(Nc3cccc(/C=C(\C#N)C(=O)N(C)C)c3)nc12. The number of carbonyl (C=O) groups is 2. The van der Waals surface area contributed by atoms with Crippen LogP contribution in [0.1, 0.15) is 29.8 Å². The zero-order valence-corrected chi connectivity index (χ0v) is 17.2. The van der Waals surface area contributed by atoms with Crippen molar-refractivity contribution in [2.45, 2.75) is 13.8 Å². The number of nitrogens with zero attached hydrogens (tertiary/aromatic N) is 4. The van der Waals surface area contributed by atoms with Crippen LogP contribution in [0.4, 0.5) is 11.5 Å². The van der Waals surface area contributed by atoms with Gasteiger partial charge in [0.05, 0.1) is 11.8 Å². The molecule has 0 atom stereocenters. The molecule has 1 amide bonds. The summed E-state index contributed by atoms with van der Waals surface area (Å²) in [6, 6.07) is 9.17. The Labute approximate surface area is 174 Å². The number of amides is 1. The number of nitrogens with one attached hydrogen (secondary N) is 2. The Morgan fingerprint density at radius 2 is 2.07 bits per heavy atom. The highest BCUT2D eigenvalue weighted by molar-refractivity contribution is 6.06. The number of H-pyrrole nitrogens is 1. The van der Waals surface area contributed by atoms with Crippen molar-refractivity contribution in [1.82, 2.24) is 19.9 Å². The third kappa shape index (κ3) is 4.36. The van der Waals surface area contributed by atoms with Crippen LogP contribution in [0.5, 0.6) is 0 Å². The number of ketones is 1. The highest BCUT2D eigenvalue weighted by Gasteiger charge is 2.17. The van der Waals surface area contributed by atoms with Crippen molar-refractivity contribution in [2.24, 2.45) is 5.92 Å². The van der Waals surface area contributed by atoms with Crippen LogP contribution in [0.15, 0.2) is 42.2 Å². The minimum Gasteiger partial charge on any atom is -0.344 e. The zero-order chi connectivity index (χ0) is 21.8. The Balaban J connectivity index is 1.90. The van der Waals surface area contributed by atoms with Gasteiger partial charge in [0.15, 0.2) is 11.4 Å². The maximum Gasteiger partial charge on any atom is 0.264 e. The molecule has 0 saturated carbocycles. The molecule has 152 valence electrons. The molecule has 2 heterocycles. The molecule has 0 saturated heterocycles. The molecular formula is C22H22N6O2. The first-order valence-electron chi connectivity index (χ1n) is 9.39. The van der Waals surface area contributed by atoms with Gasteiger partial charge in [-0.25, -0.2) is 9.97 Å². The number of carbonyl (C=O) groups excluding carboxylic acids is 2. The minimum absolute atomic E-state index is 0.00516. The van der Waals surface area contributed by atoms with Crippen LogP contribution in [-0.2, 0) is 4.79 Å². The van der Waals surface area contributed by atoms with Crippen LogP contribution in [0.2, 0.25) is 0 Å². The molecule has 8 nitrogen and oxygen atoms in total. The number of rotatable bonds is 6. The van der Waals surface area contributed by atoms with Crippen molar-refractivity contribution in [2.75, 3.05) is 19.4 Å². The molecule has 0 bridgehead atoms. The maximum absolute atomic E-state index is 12.4. The molecule has 0 aliphatic heterocycles. The molecular weight excluding hydrogens is 380 g/mol. The largest absolute Gasteiger partial charge is 0.344 e. The quantitative estimate of drug-likeness (QED) is 0.370. The second kappa shape index (κ2) is 8.57. The second-order valence-electron chi connectivity index (χ2n) is 7.29. The lowest BCUT2D eigenvalue weighted by Gasteiger charge is -2.09. The summed E-state index contributed by atoms with van der Waals surface area (Å²) in [6.45, 7) is 3.68. The highest BCUT2D eigenvalue weighted by Crippen LogP contribution is 2.22. The summed E-state index contributed by atoms with van der Waals surface area (Å²) >= 11 is 0. The van der Waals surface area contributed by atoms with Crippen molar-refractivity contribution in [1.29, 1.82) is 5.26 Å². The lowest BCUT2D eigenvalue weighted by Crippen LogP contribution is -2.22.